The van der Waals surface area contributed by atoms with Crippen molar-refractivity contribution in [1.29, 1.82) is 0 Å². The van der Waals surface area contributed by atoms with Crippen molar-refractivity contribution in [2.24, 2.45) is 0 Å². The van der Waals surface area contributed by atoms with E-state index in [2.05, 4.69) is 5.32 Å². The van der Waals surface area contributed by atoms with Gasteiger partial charge in [-0.3, -0.25) is 4.55 Å². The molecule has 0 spiro atoms. The highest BCUT2D eigenvalue weighted by molar-refractivity contribution is 7.85. The lowest BCUT2D eigenvalue weighted by molar-refractivity contribution is 0.181. The molecule has 0 aliphatic rings. The van der Waals surface area contributed by atoms with E-state index in [1.165, 1.54) is 0 Å². The molecule has 0 aromatic carbocycles. The van der Waals surface area contributed by atoms with E-state index >= 15 is 0 Å². The zero-order valence-corrected chi connectivity index (χ0v) is 9.26. The van der Waals surface area contributed by atoms with E-state index in [9.17, 15) is 8.42 Å². The summed E-state index contributed by atoms with van der Waals surface area (Å²) < 4.78 is 29.0. The Morgan fingerprint density at radius 2 is 1.86 bits per heavy atom. The molecule has 0 aliphatic heterocycles. The maximum atomic E-state index is 10.3. The molecule has 6 heteroatoms. The van der Waals surface area contributed by atoms with E-state index in [0.29, 0.717) is 13.0 Å². The smallest absolute Gasteiger partial charge is 0.264 e. The number of nitrogens with one attached hydrogen (secondary N) is 1. The van der Waals surface area contributed by atoms with Crippen LogP contribution < -0.4 is 5.32 Å². The van der Waals surface area contributed by atoms with Crippen LogP contribution in [0.1, 0.15) is 26.2 Å². The molecule has 0 aliphatic carbocycles. The molecule has 5 nitrogen and oxygen atoms in total. The summed E-state index contributed by atoms with van der Waals surface area (Å²) in [6.45, 7) is 3.06. The van der Waals surface area contributed by atoms with Crippen molar-refractivity contribution in [2.75, 3.05) is 18.8 Å². The predicted molar refractivity (Wildman–Crippen MR) is 54.8 cm³/mol. The molecule has 0 fully saturated rings. The molecule has 0 saturated carbocycles. The highest BCUT2D eigenvalue weighted by Gasteiger charge is 2.02. The van der Waals surface area contributed by atoms with Gasteiger partial charge in [-0.1, -0.05) is 0 Å². The van der Waals surface area contributed by atoms with Gasteiger partial charge in [0.1, 0.15) is 0 Å². The van der Waals surface area contributed by atoms with Crippen LogP contribution in [-0.4, -0.2) is 43.0 Å². The Balaban J connectivity index is 3.15. The first kappa shape index (κ1) is 13.8. The van der Waals surface area contributed by atoms with Crippen LogP contribution in [0.15, 0.2) is 0 Å². The van der Waals surface area contributed by atoms with Crippen LogP contribution in [-0.2, 0) is 10.1 Å². The van der Waals surface area contributed by atoms with Gasteiger partial charge in [0, 0.05) is 0 Å². The van der Waals surface area contributed by atoms with Crippen molar-refractivity contribution in [3.05, 3.63) is 0 Å². The summed E-state index contributed by atoms with van der Waals surface area (Å²) in [5, 5.41) is 11.9. The van der Waals surface area contributed by atoms with Crippen molar-refractivity contribution in [2.45, 2.75) is 32.3 Å². The number of hydrogen-bond acceptors (Lipinski definition) is 4. The van der Waals surface area contributed by atoms with Crippen LogP contribution in [0.4, 0.5) is 0 Å². The van der Waals surface area contributed by atoms with E-state index in [0.717, 1.165) is 19.4 Å². The Morgan fingerprint density at radius 1 is 1.29 bits per heavy atom. The van der Waals surface area contributed by atoms with E-state index in [1.54, 1.807) is 6.92 Å². The number of aliphatic hydroxyl groups is 1. The maximum Gasteiger partial charge on any atom is 0.264 e. The first-order valence-electron chi connectivity index (χ1n) is 4.76. The monoisotopic (exact) mass is 225 g/mol. The van der Waals surface area contributed by atoms with Gasteiger partial charge in [-0.25, -0.2) is 0 Å². The van der Waals surface area contributed by atoms with Crippen molar-refractivity contribution in [3.63, 3.8) is 0 Å². The fraction of sp³-hybridized carbons (Fsp3) is 1.00. The zero-order valence-electron chi connectivity index (χ0n) is 8.44. The molecule has 3 N–H and O–H groups in total. The van der Waals surface area contributed by atoms with Gasteiger partial charge in [0.2, 0.25) is 0 Å². The lowest BCUT2D eigenvalue weighted by atomic mass is 10.2. The average molecular weight is 225 g/mol. The third kappa shape index (κ3) is 11.8. The van der Waals surface area contributed by atoms with Crippen LogP contribution in [0.25, 0.3) is 0 Å². The Labute approximate surface area is 85.3 Å². The van der Waals surface area contributed by atoms with Gasteiger partial charge in [-0.05, 0) is 39.3 Å². The lowest BCUT2D eigenvalue weighted by Crippen LogP contribution is -2.20. The lowest BCUT2D eigenvalue weighted by Gasteiger charge is -2.05. The molecular weight excluding hydrogens is 206 g/mol. The molecule has 1 atom stereocenters. The highest BCUT2D eigenvalue weighted by atomic mass is 32.2. The number of rotatable bonds is 8. The van der Waals surface area contributed by atoms with Crippen LogP contribution >= 0.6 is 0 Å². The van der Waals surface area contributed by atoms with Crippen molar-refractivity contribution in [3.8, 4) is 0 Å². The summed E-state index contributed by atoms with van der Waals surface area (Å²) >= 11 is 0. The summed E-state index contributed by atoms with van der Waals surface area (Å²) in [4.78, 5) is 0. The van der Waals surface area contributed by atoms with Gasteiger partial charge >= 0.3 is 0 Å². The van der Waals surface area contributed by atoms with Gasteiger partial charge in [0.05, 0.1) is 11.9 Å². The van der Waals surface area contributed by atoms with Crippen LogP contribution in [0, 0.1) is 0 Å². The largest absolute Gasteiger partial charge is 0.393 e. The molecule has 0 amide bonds. The van der Waals surface area contributed by atoms with Crippen LogP contribution in [0.3, 0.4) is 0 Å². The Hall–Kier alpha value is -0.170. The maximum absolute atomic E-state index is 10.3. The molecule has 0 radical (unpaired) electrons. The predicted octanol–water partition coefficient (Wildman–Crippen LogP) is 0.0149. The molecular formula is C8H19NO4S. The molecule has 1 unspecified atom stereocenters. The third-order valence-electron chi connectivity index (χ3n) is 1.73. The second-order valence-electron chi connectivity index (χ2n) is 3.38. The molecule has 14 heavy (non-hydrogen) atoms. The van der Waals surface area contributed by atoms with Crippen molar-refractivity contribution < 1.29 is 18.1 Å². The van der Waals surface area contributed by atoms with E-state index in [1.807, 2.05) is 0 Å². The number of aliphatic hydroxyl groups excluding tert-OH is 1. The van der Waals surface area contributed by atoms with Gasteiger partial charge < -0.3 is 10.4 Å². The van der Waals surface area contributed by atoms with Crippen LogP contribution in [0.5, 0.6) is 0 Å². The van der Waals surface area contributed by atoms with Crippen molar-refractivity contribution >= 4 is 10.1 Å². The topological polar surface area (TPSA) is 86.6 Å². The second-order valence-corrected chi connectivity index (χ2v) is 4.95. The third-order valence-corrected chi connectivity index (χ3v) is 2.54. The average Bonchev–Trinajstić information content (AvgIpc) is 2.00. The van der Waals surface area contributed by atoms with E-state index in [4.69, 9.17) is 9.66 Å². The first-order valence-corrected chi connectivity index (χ1v) is 6.36. The van der Waals surface area contributed by atoms with Gasteiger partial charge in [0.25, 0.3) is 10.1 Å². The summed E-state index contributed by atoms with van der Waals surface area (Å²) in [6.07, 6.45) is 1.73. The molecule has 0 rings (SSSR count). The summed E-state index contributed by atoms with van der Waals surface area (Å²) in [5.74, 6) is -0.198. The normalized spacial score (nSPS) is 14.2. The molecule has 0 bridgehead atoms. The fourth-order valence-electron chi connectivity index (χ4n) is 1.03. The van der Waals surface area contributed by atoms with E-state index < -0.39 is 10.1 Å². The molecule has 0 saturated heterocycles. The van der Waals surface area contributed by atoms with Crippen LogP contribution in [0.2, 0.25) is 0 Å². The molecule has 0 aromatic rings. The molecule has 0 heterocycles. The Morgan fingerprint density at radius 3 is 2.36 bits per heavy atom. The highest BCUT2D eigenvalue weighted by Crippen LogP contribution is 1.93. The fourth-order valence-corrected chi connectivity index (χ4v) is 1.54. The first-order chi connectivity index (χ1) is 6.42. The van der Waals surface area contributed by atoms with Gasteiger partial charge in [-0.15, -0.1) is 0 Å². The minimum absolute atomic E-state index is 0.198. The zero-order chi connectivity index (χ0) is 11.0. The SMILES string of the molecule is CC(O)CCCNCCCS(=O)(=O)O. The minimum atomic E-state index is -3.81. The summed E-state index contributed by atoms with van der Waals surface area (Å²) in [5.41, 5.74) is 0. The van der Waals surface area contributed by atoms with E-state index in [-0.39, 0.29) is 11.9 Å². The Bertz CT molecular complexity index is 225. The van der Waals surface area contributed by atoms with Crippen molar-refractivity contribution in [1.82, 2.24) is 5.32 Å². The molecule has 0 aromatic heterocycles. The quantitative estimate of drug-likeness (QED) is 0.400. The molecule has 86 valence electrons. The summed E-state index contributed by atoms with van der Waals surface area (Å²) in [7, 11) is -3.81. The number of hydrogen-bond donors (Lipinski definition) is 3. The standard InChI is InChI=1S/C8H19NO4S/c1-8(10)4-2-5-9-6-3-7-14(11,12)13/h8-10H,2-7H2,1H3,(H,11,12,13). The second kappa shape index (κ2) is 7.17. The van der Waals surface area contributed by atoms with Gasteiger partial charge in [-0.2, -0.15) is 8.42 Å². The minimum Gasteiger partial charge on any atom is -0.393 e. The summed E-state index contributed by atoms with van der Waals surface area (Å²) in [6, 6.07) is 0. The van der Waals surface area contributed by atoms with Gasteiger partial charge in [0.15, 0.2) is 0 Å². The Kier molecular flexibility index (Phi) is 7.08.